The Hall–Kier alpha value is -1.78. The fourth-order valence-corrected chi connectivity index (χ4v) is 2.11. The molecular formula is C15H14Cl2N2O2. The molecule has 0 aliphatic carbocycles. The molecule has 4 nitrogen and oxygen atoms in total. The van der Waals surface area contributed by atoms with E-state index in [0.29, 0.717) is 13.0 Å². The number of nitrogens with zero attached hydrogens (tertiary/aromatic N) is 1. The van der Waals surface area contributed by atoms with Crippen molar-refractivity contribution in [2.75, 3.05) is 13.7 Å². The first-order valence-corrected chi connectivity index (χ1v) is 7.09. The van der Waals surface area contributed by atoms with E-state index in [1.807, 2.05) is 24.3 Å². The molecule has 0 spiro atoms. The van der Waals surface area contributed by atoms with Gasteiger partial charge in [0.15, 0.2) is 0 Å². The molecule has 0 fully saturated rings. The average molecular weight is 325 g/mol. The van der Waals surface area contributed by atoms with Gasteiger partial charge in [-0.1, -0.05) is 35.3 Å². The van der Waals surface area contributed by atoms with Crippen LogP contribution < -0.4 is 10.1 Å². The Morgan fingerprint density at radius 2 is 1.90 bits per heavy atom. The van der Waals surface area contributed by atoms with Crippen LogP contribution in [-0.4, -0.2) is 24.5 Å². The number of rotatable bonds is 5. The summed E-state index contributed by atoms with van der Waals surface area (Å²) in [5.41, 5.74) is 1.24. The molecule has 0 aliphatic heterocycles. The molecule has 2 aromatic rings. The van der Waals surface area contributed by atoms with E-state index in [2.05, 4.69) is 10.3 Å². The van der Waals surface area contributed by atoms with Crippen LogP contribution in [0.15, 0.2) is 36.4 Å². The summed E-state index contributed by atoms with van der Waals surface area (Å²) in [6.07, 6.45) is 0.702. The first kappa shape index (κ1) is 15.6. The highest BCUT2D eigenvalue weighted by molar-refractivity contribution is 6.34. The number of benzene rings is 1. The molecule has 1 aromatic heterocycles. The SMILES string of the molecule is COc1ccc(CCNC(=O)c2nc(Cl)ccc2Cl)cc1. The van der Waals surface area contributed by atoms with E-state index in [1.54, 1.807) is 13.2 Å². The van der Waals surface area contributed by atoms with E-state index in [-0.39, 0.29) is 21.8 Å². The first-order chi connectivity index (χ1) is 10.1. The van der Waals surface area contributed by atoms with Crippen LogP contribution in [0.25, 0.3) is 0 Å². The smallest absolute Gasteiger partial charge is 0.271 e. The topological polar surface area (TPSA) is 51.2 Å². The molecule has 0 bridgehead atoms. The van der Waals surface area contributed by atoms with Crippen molar-refractivity contribution >= 4 is 29.1 Å². The summed E-state index contributed by atoms with van der Waals surface area (Å²) in [7, 11) is 1.62. The standard InChI is InChI=1S/C15H14Cl2N2O2/c1-21-11-4-2-10(3-5-11)8-9-18-15(20)14-12(16)6-7-13(17)19-14/h2-7H,8-9H2,1H3,(H,18,20). The van der Waals surface area contributed by atoms with Gasteiger partial charge < -0.3 is 10.1 Å². The van der Waals surface area contributed by atoms with Crippen LogP contribution in [0.3, 0.4) is 0 Å². The Morgan fingerprint density at radius 3 is 2.57 bits per heavy atom. The molecule has 1 heterocycles. The van der Waals surface area contributed by atoms with Gasteiger partial charge in [-0.15, -0.1) is 0 Å². The van der Waals surface area contributed by atoms with Crippen molar-refractivity contribution in [3.63, 3.8) is 0 Å². The van der Waals surface area contributed by atoms with Gasteiger partial charge in [0.1, 0.15) is 16.6 Å². The number of nitrogens with one attached hydrogen (secondary N) is 1. The Labute approximate surface area is 133 Å². The third kappa shape index (κ3) is 4.34. The van der Waals surface area contributed by atoms with Gasteiger partial charge >= 0.3 is 0 Å². The van der Waals surface area contributed by atoms with E-state index in [4.69, 9.17) is 27.9 Å². The minimum atomic E-state index is -0.337. The second-order valence-corrected chi connectivity index (χ2v) is 5.11. The number of methoxy groups -OCH3 is 1. The number of carbonyl (C=O) groups excluding carboxylic acids is 1. The molecular weight excluding hydrogens is 311 g/mol. The van der Waals surface area contributed by atoms with Crippen LogP contribution in [0.1, 0.15) is 16.1 Å². The maximum Gasteiger partial charge on any atom is 0.271 e. The molecule has 110 valence electrons. The van der Waals surface area contributed by atoms with Crippen LogP contribution in [0.4, 0.5) is 0 Å². The molecule has 0 unspecified atom stereocenters. The lowest BCUT2D eigenvalue weighted by molar-refractivity contribution is 0.0949. The highest BCUT2D eigenvalue weighted by Crippen LogP contribution is 2.16. The number of halogens is 2. The number of aromatic nitrogens is 1. The summed E-state index contributed by atoms with van der Waals surface area (Å²) >= 11 is 11.7. The Morgan fingerprint density at radius 1 is 1.19 bits per heavy atom. The first-order valence-electron chi connectivity index (χ1n) is 6.33. The number of ether oxygens (including phenoxy) is 1. The summed E-state index contributed by atoms with van der Waals surface area (Å²) in [4.78, 5) is 15.9. The predicted molar refractivity (Wildman–Crippen MR) is 83.3 cm³/mol. The Bertz CT molecular complexity index is 630. The molecule has 0 saturated heterocycles. The summed E-state index contributed by atoms with van der Waals surface area (Å²) in [6.45, 7) is 0.482. The van der Waals surface area contributed by atoms with E-state index >= 15 is 0 Å². The van der Waals surface area contributed by atoms with Crippen molar-refractivity contribution < 1.29 is 9.53 Å². The van der Waals surface area contributed by atoms with E-state index in [1.165, 1.54) is 6.07 Å². The van der Waals surface area contributed by atoms with Crippen molar-refractivity contribution in [3.8, 4) is 5.75 Å². The van der Waals surface area contributed by atoms with Gasteiger partial charge in [0, 0.05) is 6.54 Å². The third-order valence-corrected chi connectivity index (χ3v) is 3.40. The molecule has 0 aliphatic rings. The third-order valence-electron chi connectivity index (χ3n) is 2.89. The van der Waals surface area contributed by atoms with Crippen LogP contribution in [0.5, 0.6) is 5.75 Å². The van der Waals surface area contributed by atoms with Crippen molar-refractivity contribution in [3.05, 3.63) is 57.8 Å². The van der Waals surface area contributed by atoms with Crippen molar-refractivity contribution in [2.24, 2.45) is 0 Å². The van der Waals surface area contributed by atoms with Crippen LogP contribution in [0, 0.1) is 0 Å². The van der Waals surface area contributed by atoms with Gasteiger partial charge in [-0.25, -0.2) is 4.98 Å². The van der Waals surface area contributed by atoms with Crippen molar-refractivity contribution in [1.82, 2.24) is 10.3 Å². The van der Waals surface area contributed by atoms with Gasteiger partial charge in [0.2, 0.25) is 0 Å². The molecule has 1 N–H and O–H groups in total. The highest BCUT2D eigenvalue weighted by Gasteiger charge is 2.12. The number of hydrogen-bond acceptors (Lipinski definition) is 3. The molecule has 6 heteroatoms. The summed E-state index contributed by atoms with van der Waals surface area (Å²) < 4.78 is 5.09. The van der Waals surface area contributed by atoms with Crippen LogP contribution in [0.2, 0.25) is 10.2 Å². The average Bonchev–Trinajstić information content (AvgIpc) is 2.50. The van der Waals surface area contributed by atoms with Gasteiger partial charge in [0.25, 0.3) is 5.91 Å². The number of hydrogen-bond donors (Lipinski definition) is 1. The number of pyridine rings is 1. The summed E-state index contributed by atoms with van der Waals surface area (Å²) in [6, 6.07) is 10.8. The lowest BCUT2D eigenvalue weighted by atomic mass is 10.1. The highest BCUT2D eigenvalue weighted by atomic mass is 35.5. The molecule has 1 amide bonds. The monoisotopic (exact) mass is 324 g/mol. The van der Waals surface area contributed by atoms with Crippen LogP contribution in [-0.2, 0) is 6.42 Å². The molecule has 0 saturated carbocycles. The van der Waals surface area contributed by atoms with Gasteiger partial charge in [-0.2, -0.15) is 0 Å². The molecule has 0 atom stereocenters. The largest absolute Gasteiger partial charge is 0.497 e. The zero-order valence-corrected chi connectivity index (χ0v) is 12.9. The number of amides is 1. The van der Waals surface area contributed by atoms with Crippen molar-refractivity contribution in [2.45, 2.75) is 6.42 Å². The molecule has 0 radical (unpaired) electrons. The fourth-order valence-electron chi connectivity index (χ4n) is 1.77. The lowest BCUT2D eigenvalue weighted by Crippen LogP contribution is -2.26. The number of carbonyl (C=O) groups is 1. The van der Waals surface area contributed by atoms with E-state index in [9.17, 15) is 4.79 Å². The van der Waals surface area contributed by atoms with Gasteiger partial charge in [-0.3, -0.25) is 4.79 Å². The zero-order chi connectivity index (χ0) is 15.2. The maximum atomic E-state index is 12.0. The Balaban J connectivity index is 1.90. The molecule has 1 aromatic carbocycles. The summed E-state index contributed by atoms with van der Waals surface area (Å²) in [5, 5.41) is 3.28. The zero-order valence-electron chi connectivity index (χ0n) is 11.4. The summed E-state index contributed by atoms with van der Waals surface area (Å²) in [5.74, 6) is 0.466. The minimum absolute atomic E-state index is 0.138. The molecule has 21 heavy (non-hydrogen) atoms. The van der Waals surface area contributed by atoms with Gasteiger partial charge in [-0.05, 0) is 36.2 Å². The van der Waals surface area contributed by atoms with Crippen LogP contribution >= 0.6 is 23.2 Å². The fraction of sp³-hybridized carbons (Fsp3) is 0.200. The Kier molecular flexibility index (Phi) is 5.42. The molecule has 2 rings (SSSR count). The van der Waals surface area contributed by atoms with E-state index in [0.717, 1.165) is 11.3 Å². The lowest BCUT2D eigenvalue weighted by Gasteiger charge is -2.07. The quantitative estimate of drug-likeness (QED) is 0.858. The van der Waals surface area contributed by atoms with Gasteiger partial charge in [0.05, 0.1) is 12.1 Å². The minimum Gasteiger partial charge on any atom is -0.497 e. The predicted octanol–water partition coefficient (Wildman–Crippen LogP) is 3.37. The van der Waals surface area contributed by atoms with Crippen molar-refractivity contribution in [1.29, 1.82) is 0 Å². The van der Waals surface area contributed by atoms with E-state index < -0.39 is 0 Å². The maximum absolute atomic E-state index is 12.0. The second kappa shape index (κ2) is 7.29. The normalized spacial score (nSPS) is 10.2. The second-order valence-electron chi connectivity index (χ2n) is 4.32.